The number of para-hydroxylation sites is 1. The van der Waals surface area contributed by atoms with Crippen LogP contribution in [0.5, 0.6) is 0 Å². The zero-order valence-corrected chi connectivity index (χ0v) is 17.7. The number of nitriles is 1. The van der Waals surface area contributed by atoms with E-state index in [0.717, 1.165) is 16.9 Å². The molecule has 32 heavy (non-hydrogen) atoms. The number of esters is 1. The predicted octanol–water partition coefficient (Wildman–Crippen LogP) is 3.98. The molecule has 0 radical (unpaired) electrons. The average molecular weight is 432 g/mol. The monoisotopic (exact) mass is 432 g/mol. The van der Waals surface area contributed by atoms with E-state index in [4.69, 9.17) is 4.74 Å². The summed E-state index contributed by atoms with van der Waals surface area (Å²) in [7, 11) is 0. The maximum atomic E-state index is 12.5. The fourth-order valence-corrected chi connectivity index (χ4v) is 3.33. The highest BCUT2D eigenvalue weighted by Gasteiger charge is 2.21. The number of carbonyl (C=O) groups excluding carboxylic acids is 2. The molecule has 162 valence electrons. The first-order chi connectivity index (χ1) is 15.2. The van der Waals surface area contributed by atoms with Gasteiger partial charge in [-0.05, 0) is 50.6 Å². The zero-order valence-electron chi connectivity index (χ0n) is 17.7. The number of nitro groups is 1. The molecule has 1 N–H and O–H groups in total. The minimum absolute atomic E-state index is 0.0953. The van der Waals surface area contributed by atoms with Gasteiger partial charge in [-0.25, -0.2) is 4.79 Å². The van der Waals surface area contributed by atoms with E-state index in [1.165, 1.54) is 25.1 Å². The van der Waals surface area contributed by atoms with Crippen LogP contribution in [0.25, 0.3) is 5.69 Å². The summed E-state index contributed by atoms with van der Waals surface area (Å²) in [6.07, 6.45) is 0. The largest absolute Gasteiger partial charge is 0.452 e. The first-order valence-electron chi connectivity index (χ1n) is 9.64. The molecule has 9 nitrogen and oxygen atoms in total. The Bertz CT molecular complexity index is 1260. The van der Waals surface area contributed by atoms with Crippen LogP contribution in [-0.2, 0) is 9.53 Å². The highest BCUT2D eigenvalue weighted by Crippen LogP contribution is 2.29. The SMILES string of the molecule is Cc1cc(C(=O)OCC(=O)Nc2c(C#N)c(C)c(C)n2-c2ccccc2)ccc1[N+](=O)[O-]. The van der Waals surface area contributed by atoms with Gasteiger partial charge in [0.05, 0.1) is 16.1 Å². The van der Waals surface area contributed by atoms with Gasteiger partial charge >= 0.3 is 5.97 Å². The highest BCUT2D eigenvalue weighted by molar-refractivity contribution is 5.96. The Labute approximate surface area is 184 Å². The Morgan fingerprint density at radius 2 is 1.84 bits per heavy atom. The second-order valence-corrected chi connectivity index (χ2v) is 7.10. The van der Waals surface area contributed by atoms with Gasteiger partial charge in [-0.15, -0.1) is 0 Å². The minimum atomic E-state index is -0.788. The molecular formula is C23H20N4O5. The number of nitrogens with zero attached hydrogens (tertiary/aromatic N) is 3. The molecule has 3 aromatic rings. The van der Waals surface area contributed by atoms with Gasteiger partial charge in [0, 0.05) is 23.0 Å². The summed E-state index contributed by atoms with van der Waals surface area (Å²) in [6.45, 7) is 4.56. The standard InChI is InChI=1S/C23H20N4O5/c1-14-11-17(9-10-20(14)27(30)31)23(29)32-13-21(28)25-22-19(12-24)15(2)16(3)26(22)18-7-5-4-6-8-18/h4-11H,13H2,1-3H3,(H,25,28). The van der Waals surface area contributed by atoms with Crippen molar-refractivity contribution >= 4 is 23.4 Å². The lowest BCUT2D eigenvalue weighted by molar-refractivity contribution is -0.385. The van der Waals surface area contributed by atoms with Crippen molar-refractivity contribution in [1.29, 1.82) is 5.26 Å². The van der Waals surface area contributed by atoms with E-state index in [0.29, 0.717) is 16.9 Å². The molecule has 0 saturated carbocycles. The number of nitrogens with one attached hydrogen (secondary N) is 1. The normalized spacial score (nSPS) is 10.3. The second kappa shape index (κ2) is 9.14. The number of anilines is 1. The summed E-state index contributed by atoms with van der Waals surface area (Å²) >= 11 is 0. The molecule has 0 fully saturated rings. The molecule has 1 heterocycles. The van der Waals surface area contributed by atoms with Crippen LogP contribution in [0.4, 0.5) is 11.5 Å². The van der Waals surface area contributed by atoms with Crippen LogP contribution in [0.2, 0.25) is 0 Å². The van der Waals surface area contributed by atoms with E-state index in [2.05, 4.69) is 11.4 Å². The maximum absolute atomic E-state index is 12.5. The maximum Gasteiger partial charge on any atom is 0.338 e. The van der Waals surface area contributed by atoms with Crippen molar-refractivity contribution in [3.8, 4) is 11.8 Å². The Kier molecular flexibility index (Phi) is 6.35. The number of benzene rings is 2. The third-order valence-electron chi connectivity index (χ3n) is 5.06. The number of nitro benzene ring substituents is 1. The Hall–Kier alpha value is -4.45. The number of ether oxygens (including phenoxy) is 1. The second-order valence-electron chi connectivity index (χ2n) is 7.10. The molecule has 0 aliphatic rings. The van der Waals surface area contributed by atoms with Crippen molar-refractivity contribution in [2.75, 3.05) is 11.9 Å². The number of amides is 1. The Morgan fingerprint density at radius 1 is 1.16 bits per heavy atom. The van der Waals surface area contributed by atoms with Crippen LogP contribution < -0.4 is 5.32 Å². The third kappa shape index (κ3) is 4.34. The lowest BCUT2D eigenvalue weighted by atomic mass is 10.1. The van der Waals surface area contributed by atoms with Crippen molar-refractivity contribution < 1.29 is 19.2 Å². The van der Waals surface area contributed by atoms with Crippen molar-refractivity contribution in [2.24, 2.45) is 0 Å². The molecule has 2 aromatic carbocycles. The molecule has 1 amide bonds. The molecule has 0 aliphatic carbocycles. The number of rotatable bonds is 6. The molecule has 0 bridgehead atoms. The molecule has 0 atom stereocenters. The number of aromatic nitrogens is 1. The Morgan fingerprint density at radius 3 is 2.44 bits per heavy atom. The molecule has 1 aromatic heterocycles. The van der Waals surface area contributed by atoms with Crippen molar-refractivity contribution in [1.82, 2.24) is 4.57 Å². The summed E-state index contributed by atoms with van der Waals surface area (Å²) < 4.78 is 6.82. The number of carbonyl (C=O) groups is 2. The quantitative estimate of drug-likeness (QED) is 0.357. The fourth-order valence-electron chi connectivity index (χ4n) is 3.33. The molecule has 0 aliphatic heterocycles. The van der Waals surface area contributed by atoms with Crippen LogP contribution in [0.1, 0.15) is 32.7 Å². The van der Waals surface area contributed by atoms with Gasteiger partial charge in [0.2, 0.25) is 0 Å². The minimum Gasteiger partial charge on any atom is -0.452 e. The first-order valence-corrected chi connectivity index (χ1v) is 9.64. The van der Waals surface area contributed by atoms with Gasteiger partial charge in [-0.2, -0.15) is 5.26 Å². The van der Waals surface area contributed by atoms with Crippen LogP contribution in [0.3, 0.4) is 0 Å². The third-order valence-corrected chi connectivity index (χ3v) is 5.06. The molecule has 9 heteroatoms. The van der Waals surface area contributed by atoms with E-state index in [1.54, 1.807) is 11.5 Å². The van der Waals surface area contributed by atoms with E-state index >= 15 is 0 Å². The topological polar surface area (TPSA) is 127 Å². The fraction of sp³-hybridized carbons (Fsp3) is 0.174. The number of hydrogen-bond acceptors (Lipinski definition) is 6. The summed E-state index contributed by atoms with van der Waals surface area (Å²) in [5.41, 5.74) is 2.89. The van der Waals surface area contributed by atoms with Gasteiger partial charge in [0.25, 0.3) is 11.6 Å². The van der Waals surface area contributed by atoms with Gasteiger partial charge < -0.3 is 10.1 Å². The summed E-state index contributed by atoms with van der Waals surface area (Å²) in [5, 5.41) is 23.2. The van der Waals surface area contributed by atoms with E-state index in [1.807, 2.05) is 37.3 Å². The molecule has 3 rings (SSSR count). The zero-order chi connectivity index (χ0) is 23.4. The van der Waals surface area contributed by atoms with Crippen molar-refractivity contribution in [3.05, 3.63) is 86.6 Å². The van der Waals surface area contributed by atoms with Crippen molar-refractivity contribution in [2.45, 2.75) is 20.8 Å². The molecule has 0 spiro atoms. The van der Waals surface area contributed by atoms with Crippen molar-refractivity contribution in [3.63, 3.8) is 0 Å². The lowest BCUT2D eigenvalue weighted by Crippen LogP contribution is -2.23. The van der Waals surface area contributed by atoms with Gasteiger partial charge in [0.15, 0.2) is 6.61 Å². The van der Waals surface area contributed by atoms with E-state index < -0.39 is 23.4 Å². The van der Waals surface area contributed by atoms with Crippen LogP contribution in [-0.4, -0.2) is 28.0 Å². The number of aryl methyl sites for hydroxylation is 1. The summed E-state index contributed by atoms with van der Waals surface area (Å²) in [5.74, 6) is -1.12. The van der Waals surface area contributed by atoms with Crippen LogP contribution in [0.15, 0.2) is 48.5 Å². The first kappa shape index (κ1) is 22.2. The predicted molar refractivity (Wildman–Crippen MR) is 117 cm³/mol. The van der Waals surface area contributed by atoms with Crippen LogP contribution >= 0.6 is 0 Å². The molecule has 0 unspecified atom stereocenters. The van der Waals surface area contributed by atoms with Gasteiger partial charge in [-0.3, -0.25) is 19.5 Å². The van der Waals surface area contributed by atoms with Gasteiger partial charge in [0.1, 0.15) is 11.9 Å². The van der Waals surface area contributed by atoms with E-state index in [-0.39, 0.29) is 11.3 Å². The van der Waals surface area contributed by atoms with Crippen LogP contribution in [0, 0.1) is 42.2 Å². The van der Waals surface area contributed by atoms with E-state index in [9.17, 15) is 25.0 Å². The lowest BCUT2D eigenvalue weighted by Gasteiger charge is -2.13. The highest BCUT2D eigenvalue weighted by atomic mass is 16.6. The van der Waals surface area contributed by atoms with Gasteiger partial charge in [-0.1, -0.05) is 18.2 Å². The molecule has 0 saturated heterocycles. The Balaban J connectivity index is 1.78. The smallest absolute Gasteiger partial charge is 0.338 e. The average Bonchev–Trinajstić information content (AvgIpc) is 3.01. The summed E-state index contributed by atoms with van der Waals surface area (Å²) in [4.78, 5) is 35.2. The number of hydrogen-bond donors (Lipinski definition) is 1. The summed E-state index contributed by atoms with van der Waals surface area (Å²) in [6, 6.07) is 15.2. The molecular weight excluding hydrogens is 412 g/mol.